The monoisotopic (exact) mass is 265 g/mol. The lowest BCUT2D eigenvalue weighted by Crippen LogP contribution is -2.30. The van der Waals surface area contributed by atoms with E-state index in [4.69, 9.17) is 4.74 Å². The summed E-state index contributed by atoms with van der Waals surface area (Å²) in [4.78, 5) is 36.1. The van der Waals surface area contributed by atoms with Crippen molar-refractivity contribution in [3.05, 3.63) is 34.4 Å². The van der Waals surface area contributed by atoms with Crippen LogP contribution >= 0.6 is 0 Å². The molecule has 1 aromatic rings. The highest BCUT2D eigenvalue weighted by Crippen LogP contribution is 2.25. The predicted molar refractivity (Wildman–Crippen MR) is 65.6 cm³/mol. The second-order valence-corrected chi connectivity index (χ2v) is 4.66. The van der Waals surface area contributed by atoms with Crippen LogP contribution in [-0.4, -0.2) is 37.0 Å². The molecule has 0 N–H and O–H groups in total. The molecule has 0 spiro atoms. The highest BCUT2D eigenvalue weighted by molar-refractivity contribution is 5.94. The number of amides is 1. The number of ether oxygens (including phenoxy) is 1. The maximum Gasteiger partial charge on any atom is 0.335 e. The van der Waals surface area contributed by atoms with Gasteiger partial charge in [-0.05, 0) is 12.0 Å². The maximum atomic E-state index is 12.2. The Bertz CT molecular complexity index is 530. The van der Waals surface area contributed by atoms with Crippen molar-refractivity contribution in [2.75, 3.05) is 20.2 Å². The minimum absolute atomic E-state index is 0.0483. The summed E-state index contributed by atoms with van der Waals surface area (Å²) in [6, 6.07) is 2.62. The summed E-state index contributed by atoms with van der Waals surface area (Å²) < 4.78 is 9.38. The number of rotatable bonds is 2. The molecular weight excluding hydrogens is 250 g/mol. The van der Waals surface area contributed by atoms with Gasteiger partial charge in [0, 0.05) is 19.2 Å². The number of likely N-dealkylation sites (tertiary alicyclic amines) is 1. The quantitative estimate of drug-likeness (QED) is 0.729. The molecule has 1 aromatic heterocycles. The standard InChI is InChI=1S/C13H15NO5/c1-8-5-14(6-10(8)13(17)18-2)12(16)9-3-4-11(15)19-7-9/h3-4,7-8,10H,5-6H2,1-2H3. The largest absolute Gasteiger partial charge is 0.469 e. The Morgan fingerprint density at radius 2 is 2.11 bits per heavy atom. The third-order valence-corrected chi connectivity index (χ3v) is 3.35. The van der Waals surface area contributed by atoms with E-state index in [1.165, 1.54) is 19.2 Å². The Kier molecular flexibility index (Phi) is 3.69. The van der Waals surface area contributed by atoms with Gasteiger partial charge in [-0.25, -0.2) is 4.79 Å². The Morgan fingerprint density at radius 3 is 2.68 bits per heavy atom. The number of carbonyl (C=O) groups is 2. The first-order valence-corrected chi connectivity index (χ1v) is 5.99. The Morgan fingerprint density at radius 1 is 1.37 bits per heavy atom. The van der Waals surface area contributed by atoms with Gasteiger partial charge in [-0.15, -0.1) is 0 Å². The molecule has 19 heavy (non-hydrogen) atoms. The molecule has 1 aliphatic heterocycles. The normalized spacial score (nSPS) is 22.3. The lowest BCUT2D eigenvalue weighted by molar-refractivity contribution is -0.146. The second kappa shape index (κ2) is 5.26. The van der Waals surface area contributed by atoms with Crippen molar-refractivity contribution in [1.82, 2.24) is 4.90 Å². The van der Waals surface area contributed by atoms with Crippen LogP contribution in [0, 0.1) is 11.8 Å². The van der Waals surface area contributed by atoms with E-state index in [9.17, 15) is 14.4 Å². The summed E-state index contributed by atoms with van der Waals surface area (Å²) in [5.74, 6) is -0.804. The van der Waals surface area contributed by atoms with Gasteiger partial charge in [-0.3, -0.25) is 9.59 Å². The summed E-state index contributed by atoms with van der Waals surface area (Å²) in [5.41, 5.74) is -0.198. The van der Waals surface area contributed by atoms with Crippen LogP contribution < -0.4 is 5.63 Å². The fourth-order valence-electron chi connectivity index (χ4n) is 2.25. The van der Waals surface area contributed by atoms with Crippen molar-refractivity contribution in [2.24, 2.45) is 11.8 Å². The molecule has 1 amide bonds. The van der Waals surface area contributed by atoms with E-state index in [1.807, 2.05) is 6.92 Å². The Labute approximate surface area is 110 Å². The summed E-state index contributed by atoms with van der Waals surface area (Å²) in [7, 11) is 1.34. The fourth-order valence-corrected chi connectivity index (χ4v) is 2.25. The Hall–Kier alpha value is -2.11. The molecule has 102 valence electrons. The zero-order valence-corrected chi connectivity index (χ0v) is 10.8. The van der Waals surface area contributed by atoms with Crippen molar-refractivity contribution in [2.45, 2.75) is 6.92 Å². The molecule has 1 aliphatic rings. The molecule has 2 rings (SSSR count). The second-order valence-electron chi connectivity index (χ2n) is 4.66. The first kappa shape index (κ1) is 13.3. The van der Waals surface area contributed by atoms with Crippen LogP contribution in [0.25, 0.3) is 0 Å². The van der Waals surface area contributed by atoms with E-state index in [0.29, 0.717) is 18.7 Å². The lowest BCUT2D eigenvalue weighted by Gasteiger charge is -2.15. The molecule has 2 atom stereocenters. The van der Waals surface area contributed by atoms with Gasteiger partial charge < -0.3 is 14.1 Å². The predicted octanol–water partition coefficient (Wildman–Crippen LogP) is 0.521. The molecule has 0 radical (unpaired) electrons. The van der Waals surface area contributed by atoms with E-state index in [2.05, 4.69) is 4.42 Å². The van der Waals surface area contributed by atoms with Gasteiger partial charge in [0.25, 0.3) is 5.91 Å². The molecule has 0 bridgehead atoms. The summed E-state index contributed by atoms with van der Waals surface area (Å²) in [6.45, 7) is 2.71. The number of methoxy groups -OCH3 is 1. The molecule has 0 aliphatic carbocycles. The lowest BCUT2D eigenvalue weighted by atomic mass is 9.99. The van der Waals surface area contributed by atoms with Gasteiger partial charge in [-0.1, -0.05) is 6.92 Å². The van der Waals surface area contributed by atoms with E-state index in [1.54, 1.807) is 4.90 Å². The molecule has 2 heterocycles. The zero-order valence-electron chi connectivity index (χ0n) is 10.8. The first-order chi connectivity index (χ1) is 9.02. The highest BCUT2D eigenvalue weighted by Gasteiger charge is 2.37. The van der Waals surface area contributed by atoms with Crippen LogP contribution in [0.1, 0.15) is 17.3 Å². The third-order valence-electron chi connectivity index (χ3n) is 3.35. The van der Waals surface area contributed by atoms with Crippen molar-refractivity contribution < 1.29 is 18.7 Å². The molecule has 1 saturated heterocycles. The number of carbonyl (C=O) groups excluding carboxylic acids is 2. The van der Waals surface area contributed by atoms with Crippen LogP contribution in [0.4, 0.5) is 0 Å². The number of hydrogen-bond acceptors (Lipinski definition) is 5. The van der Waals surface area contributed by atoms with Crippen LogP contribution in [0.3, 0.4) is 0 Å². The van der Waals surface area contributed by atoms with Crippen molar-refractivity contribution in [1.29, 1.82) is 0 Å². The van der Waals surface area contributed by atoms with E-state index < -0.39 is 5.63 Å². The third kappa shape index (κ3) is 2.67. The minimum Gasteiger partial charge on any atom is -0.469 e. The molecule has 2 unspecified atom stereocenters. The van der Waals surface area contributed by atoms with Gasteiger partial charge in [0.2, 0.25) is 0 Å². The summed E-state index contributed by atoms with van der Waals surface area (Å²) >= 11 is 0. The smallest absolute Gasteiger partial charge is 0.335 e. The average molecular weight is 265 g/mol. The minimum atomic E-state index is -0.501. The highest BCUT2D eigenvalue weighted by atomic mass is 16.5. The van der Waals surface area contributed by atoms with E-state index in [0.717, 1.165) is 6.26 Å². The number of hydrogen-bond donors (Lipinski definition) is 0. The molecule has 0 saturated carbocycles. The maximum absolute atomic E-state index is 12.2. The summed E-state index contributed by atoms with van der Waals surface area (Å²) in [5, 5.41) is 0. The van der Waals surface area contributed by atoms with Crippen LogP contribution in [-0.2, 0) is 9.53 Å². The van der Waals surface area contributed by atoms with Crippen molar-refractivity contribution >= 4 is 11.9 Å². The Balaban J connectivity index is 2.12. The van der Waals surface area contributed by atoms with Gasteiger partial charge in [0.15, 0.2) is 0 Å². The van der Waals surface area contributed by atoms with E-state index >= 15 is 0 Å². The van der Waals surface area contributed by atoms with Crippen molar-refractivity contribution in [3.63, 3.8) is 0 Å². The van der Waals surface area contributed by atoms with Crippen LogP contribution in [0.15, 0.2) is 27.6 Å². The van der Waals surface area contributed by atoms with Crippen molar-refractivity contribution in [3.8, 4) is 0 Å². The average Bonchev–Trinajstić information content (AvgIpc) is 2.80. The van der Waals surface area contributed by atoms with Gasteiger partial charge >= 0.3 is 11.6 Å². The molecule has 0 aromatic carbocycles. The fraction of sp³-hybridized carbons (Fsp3) is 0.462. The molecular formula is C13H15NO5. The zero-order chi connectivity index (χ0) is 14.0. The molecule has 6 nitrogen and oxygen atoms in total. The van der Waals surface area contributed by atoms with Gasteiger partial charge in [-0.2, -0.15) is 0 Å². The van der Waals surface area contributed by atoms with Crippen LogP contribution in [0.2, 0.25) is 0 Å². The number of esters is 1. The number of nitrogens with zero attached hydrogens (tertiary/aromatic N) is 1. The van der Waals surface area contributed by atoms with Gasteiger partial charge in [0.1, 0.15) is 6.26 Å². The molecule has 6 heteroatoms. The topological polar surface area (TPSA) is 76.8 Å². The summed E-state index contributed by atoms with van der Waals surface area (Å²) in [6.07, 6.45) is 1.14. The van der Waals surface area contributed by atoms with E-state index in [-0.39, 0.29) is 23.7 Å². The van der Waals surface area contributed by atoms with Crippen LogP contribution in [0.5, 0.6) is 0 Å². The first-order valence-electron chi connectivity index (χ1n) is 5.99. The SMILES string of the molecule is COC(=O)C1CN(C(=O)c2ccc(=O)oc2)CC1C. The van der Waals surface area contributed by atoms with Gasteiger partial charge in [0.05, 0.1) is 18.6 Å². The molecule has 1 fully saturated rings.